The van der Waals surface area contributed by atoms with Gasteiger partial charge in [0, 0.05) is 4.48 Å². The van der Waals surface area contributed by atoms with Crippen LogP contribution < -0.4 is 0 Å². The van der Waals surface area contributed by atoms with E-state index in [0.29, 0.717) is 0 Å². The maximum Gasteiger partial charge on any atom is 0.0171 e. The molecule has 0 nitrogen and oxygen atoms in total. The topological polar surface area (TPSA) is 0 Å². The molecule has 0 unspecified atom stereocenters. The van der Waals surface area contributed by atoms with Gasteiger partial charge in [0.05, 0.1) is 0 Å². The lowest BCUT2D eigenvalue weighted by atomic mass is 10.2. The van der Waals surface area contributed by atoms with Crippen LogP contribution in [0, 0.1) is 0 Å². The minimum Gasteiger partial charge on any atom is -0.0988 e. The molecule has 0 aromatic heterocycles. The molecule has 0 N–H and O–H groups in total. The number of hydrogen-bond acceptors (Lipinski definition) is 0. The third-order valence-corrected chi connectivity index (χ3v) is 2.57. The van der Waals surface area contributed by atoms with Crippen LogP contribution in [0.15, 0.2) is 70.8 Å². The molecule has 100 valence electrons. The van der Waals surface area contributed by atoms with Gasteiger partial charge in [0.15, 0.2) is 0 Å². The Hall–Kier alpha value is -1.08. The average molecular weight is 309 g/mol. The molecular weight excluding hydrogens is 284 g/mol. The first-order valence-electron chi connectivity index (χ1n) is 5.94. The molecule has 0 fully saturated rings. The van der Waals surface area contributed by atoms with Crippen molar-refractivity contribution >= 4 is 15.9 Å². The highest BCUT2D eigenvalue weighted by Gasteiger charge is 1.81. The molecule has 0 saturated heterocycles. The van der Waals surface area contributed by atoms with Gasteiger partial charge in [-0.3, -0.25) is 0 Å². The highest BCUT2D eigenvalue weighted by atomic mass is 79.9. The van der Waals surface area contributed by atoms with Crippen LogP contribution in [0.5, 0.6) is 0 Å². The smallest absolute Gasteiger partial charge is 0.0171 e. The zero-order valence-electron chi connectivity index (χ0n) is 12.3. The van der Waals surface area contributed by atoms with Crippen molar-refractivity contribution in [1.29, 1.82) is 0 Å². The highest BCUT2D eigenvalue weighted by molar-refractivity contribution is 9.11. The van der Waals surface area contributed by atoms with Gasteiger partial charge in [0.25, 0.3) is 0 Å². The molecule has 0 rings (SSSR count). The van der Waals surface area contributed by atoms with Crippen molar-refractivity contribution in [3.8, 4) is 0 Å². The van der Waals surface area contributed by atoms with Crippen LogP contribution in [0.4, 0.5) is 0 Å². The summed E-state index contributed by atoms with van der Waals surface area (Å²) in [6.45, 7) is 17.5. The molecule has 0 aliphatic heterocycles. The van der Waals surface area contributed by atoms with E-state index in [4.69, 9.17) is 0 Å². The maximum atomic E-state index is 3.64. The zero-order valence-corrected chi connectivity index (χ0v) is 13.8. The summed E-state index contributed by atoms with van der Waals surface area (Å²) in [7, 11) is 0. The Morgan fingerprint density at radius 3 is 1.78 bits per heavy atom. The molecule has 0 radical (unpaired) electrons. The molecule has 0 aliphatic carbocycles. The number of rotatable bonds is 4. The lowest BCUT2D eigenvalue weighted by molar-refractivity contribution is 1.38. The monoisotopic (exact) mass is 308 g/mol. The van der Waals surface area contributed by atoms with E-state index >= 15 is 0 Å². The normalized spacial score (nSPS) is 12.2. The van der Waals surface area contributed by atoms with Crippen LogP contribution in [-0.4, -0.2) is 0 Å². The minimum absolute atomic E-state index is 1.03. The molecule has 0 amide bonds. The zero-order chi connectivity index (χ0) is 14.6. The number of halogens is 1. The van der Waals surface area contributed by atoms with E-state index in [1.807, 2.05) is 39.0 Å². The second-order valence-corrected chi connectivity index (χ2v) is 5.04. The van der Waals surface area contributed by atoms with Crippen molar-refractivity contribution in [2.45, 2.75) is 34.6 Å². The predicted molar refractivity (Wildman–Crippen MR) is 90.0 cm³/mol. The first kappa shape index (κ1) is 19.3. The van der Waals surface area contributed by atoms with Crippen LogP contribution in [0.25, 0.3) is 0 Å². The Morgan fingerprint density at radius 1 is 0.889 bits per heavy atom. The fourth-order valence-electron chi connectivity index (χ4n) is 0.726. The largest absolute Gasteiger partial charge is 0.0988 e. The van der Waals surface area contributed by atoms with Crippen LogP contribution >= 0.6 is 15.9 Å². The molecule has 0 aromatic rings. The Morgan fingerprint density at radius 2 is 1.44 bits per heavy atom. The van der Waals surface area contributed by atoms with Crippen molar-refractivity contribution in [1.82, 2.24) is 0 Å². The van der Waals surface area contributed by atoms with E-state index in [1.54, 1.807) is 6.08 Å². The van der Waals surface area contributed by atoms with E-state index < -0.39 is 0 Å². The molecular formula is C17H25Br. The van der Waals surface area contributed by atoms with E-state index in [0.717, 1.165) is 4.48 Å². The predicted octanol–water partition coefficient (Wildman–Crippen LogP) is 6.50. The molecule has 0 bridgehead atoms. The van der Waals surface area contributed by atoms with E-state index in [1.165, 1.54) is 16.7 Å². The summed E-state index contributed by atoms with van der Waals surface area (Å²) >= 11 is 3.32. The van der Waals surface area contributed by atoms with Gasteiger partial charge < -0.3 is 0 Å². The van der Waals surface area contributed by atoms with E-state index in [9.17, 15) is 0 Å². The lowest BCUT2D eigenvalue weighted by Gasteiger charge is -1.88. The first-order chi connectivity index (χ1) is 8.37. The Bertz CT molecular complexity index is 372. The second kappa shape index (κ2) is 12.4. The summed E-state index contributed by atoms with van der Waals surface area (Å²) in [5.74, 6) is 0. The third-order valence-electron chi connectivity index (χ3n) is 2.02. The van der Waals surface area contributed by atoms with Gasteiger partial charge in [0.2, 0.25) is 0 Å². The molecule has 1 heteroatoms. The van der Waals surface area contributed by atoms with Crippen molar-refractivity contribution in [2.24, 2.45) is 0 Å². The molecule has 0 heterocycles. The number of hydrogen-bond donors (Lipinski definition) is 0. The van der Waals surface area contributed by atoms with Crippen LogP contribution in [0.2, 0.25) is 0 Å². The van der Waals surface area contributed by atoms with Gasteiger partial charge in [-0.15, -0.1) is 0 Å². The van der Waals surface area contributed by atoms with Crippen LogP contribution in [0.1, 0.15) is 34.6 Å². The van der Waals surface area contributed by atoms with Gasteiger partial charge >= 0.3 is 0 Å². The van der Waals surface area contributed by atoms with Crippen molar-refractivity contribution in [3.05, 3.63) is 70.8 Å². The molecule has 18 heavy (non-hydrogen) atoms. The fourth-order valence-corrected chi connectivity index (χ4v) is 1.09. The van der Waals surface area contributed by atoms with Crippen molar-refractivity contribution in [2.75, 3.05) is 0 Å². The average Bonchev–Trinajstić information content (AvgIpc) is 2.36. The summed E-state index contributed by atoms with van der Waals surface area (Å²) in [6.07, 6.45) is 11.8. The van der Waals surface area contributed by atoms with Gasteiger partial charge in [0.1, 0.15) is 0 Å². The SMILES string of the molecule is C=C/C(Br)=C\C(C)=C/C.C=C/C(C)=C\C=C(C)C. The van der Waals surface area contributed by atoms with Gasteiger partial charge in [-0.25, -0.2) is 0 Å². The summed E-state index contributed by atoms with van der Waals surface area (Å²) in [5, 5.41) is 0. The maximum absolute atomic E-state index is 3.64. The Labute approximate surface area is 121 Å². The molecule has 0 atom stereocenters. The van der Waals surface area contributed by atoms with Gasteiger partial charge in [-0.1, -0.05) is 76.2 Å². The molecule has 0 saturated carbocycles. The van der Waals surface area contributed by atoms with Crippen molar-refractivity contribution in [3.63, 3.8) is 0 Å². The highest BCUT2D eigenvalue weighted by Crippen LogP contribution is 2.08. The fraction of sp³-hybridized carbons (Fsp3) is 0.294. The van der Waals surface area contributed by atoms with E-state index in [2.05, 4.69) is 55.1 Å². The summed E-state index contributed by atoms with van der Waals surface area (Å²) in [5.41, 5.74) is 3.76. The summed E-state index contributed by atoms with van der Waals surface area (Å²) < 4.78 is 1.03. The first-order valence-corrected chi connectivity index (χ1v) is 6.73. The molecule has 0 aromatic carbocycles. The summed E-state index contributed by atoms with van der Waals surface area (Å²) in [4.78, 5) is 0. The van der Waals surface area contributed by atoms with Crippen LogP contribution in [-0.2, 0) is 0 Å². The van der Waals surface area contributed by atoms with E-state index in [-0.39, 0.29) is 0 Å². The lowest BCUT2D eigenvalue weighted by Crippen LogP contribution is -1.66. The number of allylic oxidation sites excluding steroid dienone is 10. The molecule has 0 aliphatic rings. The standard InChI is InChI=1S/C9H14.C8H11Br/c1-5-9(4)7-6-8(2)3;1-4-7(3)6-8(9)5-2/h5-7H,1H2,2-4H3;4-6H,2H2,1,3H3/b9-7-;7-4-,8-6+. The Balaban J connectivity index is 0. The quantitative estimate of drug-likeness (QED) is 0.520. The third kappa shape index (κ3) is 14.9. The van der Waals surface area contributed by atoms with Crippen molar-refractivity contribution < 1.29 is 0 Å². The minimum atomic E-state index is 1.03. The van der Waals surface area contributed by atoms with Crippen LogP contribution in [0.3, 0.4) is 0 Å². The summed E-state index contributed by atoms with van der Waals surface area (Å²) in [6, 6.07) is 0. The second-order valence-electron chi connectivity index (χ2n) is 4.12. The Kier molecular flexibility index (Phi) is 13.2. The van der Waals surface area contributed by atoms with Gasteiger partial charge in [-0.2, -0.15) is 0 Å². The molecule has 0 spiro atoms. The van der Waals surface area contributed by atoms with Gasteiger partial charge in [-0.05, 0) is 40.7 Å².